The number of benzene rings is 2. The fraction of sp³-hybridized carbons (Fsp3) is 0.481. The third-order valence-corrected chi connectivity index (χ3v) is 10.1. The van der Waals surface area contributed by atoms with E-state index in [9.17, 15) is 13.2 Å². The highest BCUT2D eigenvalue weighted by atomic mass is 32.2. The number of carbonyl (C=O) groups is 1. The summed E-state index contributed by atoms with van der Waals surface area (Å²) >= 11 is 1.69. The van der Waals surface area contributed by atoms with Crippen molar-refractivity contribution in [2.45, 2.75) is 31.1 Å². The Labute approximate surface area is 228 Å². The number of hydrogen-bond donors (Lipinski definition) is 1. The molecule has 0 spiro atoms. The lowest BCUT2D eigenvalue weighted by atomic mass is 10.2. The van der Waals surface area contributed by atoms with Gasteiger partial charge in [-0.3, -0.25) is 9.69 Å². The lowest BCUT2D eigenvalue weighted by Crippen LogP contribution is -2.48. The van der Waals surface area contributed by atoms with Crippen LogP contribution in [-0.2, 0) is 10.0 Å². The van der Waals surface area contributed by atoms with E-state index >= 15 is 0 Å². The zero-order chi connectivity index (χ0) is 26.5. The van der Waals surface area contributed by atoms with E-state index in [1.54, 1.807) is 27.8 Å². The number of nitrogens with one attached hydrogen (secondary N) is 1. The maximum Gasteiger partial charge on any atom is 0.251 e. The van der Waals surface area contributed by atoms with E-state index < -0.39 is 10.0 Å². The van der Waals surface area contributed by atoms with Crippen LogP contribution in [-0.4, -0.2) is 87.5 Å². The Morgan fingerprint density at radius 2 is 1.74 bits per heavy atom. The van der Waals surface area contributed by atoms with Crippen LogP contribution in [0.2, 0.25) is 0 Å². The fourth-order valence-corrected chi connectivity index (χ4v) is 7.50. The van der Waals surface area contributed by atoms with Crippen molar-refractivity contribution in [2.24, 2.45) is 0 Å². The Bertz CT molecular complexity index is 1350. The Morgan fingerprint density at radius 1 is 1.00 bits per heavy atom. The third-order valence-electron chi connectivity index (χ3n) is 7.10. The van der Waals surface area contributed by atoms with Crippen LogP contribution in [0.1, 0.15) is 36.5 Å². The fourth-order valence-electron chi connectivity index (χ4n) is 4.94. The van der Waals surface area contributed by atoms with E-state index in [-0.39, 0.29) is 10.8 Å². The van der Waals surface area contributed by atoms with Crippen molar-refractivity contribution in [2.75, 3.05) is 63.9 Å². The van der Waals surface area contributed by atoms with Crippen molar-refractivity contribution in [1.82, 2.24) is 19.5 Å². The normalized spacial score (nSPS) is 17.6. The molecule has 1 amide bonds. The van der Waals surface area contributed by atoms with Crippen molar-refractivity contribution in [3.05, 3.63) is 48.0 Å². The van der Waals surface area contributed by atoms with Crippen LogP contribution in [0.25, 0.3) is 10.2 Å². The molecule has 5 rings (SSSR count). The quantitative estimate of drug-likeness (QED) is 0.431. The summed E-state index contributed by atoms with van der Waals surface area (Å²) in [5.74, 6) is 0.644. The van der Waals surface area contributed by atoms with Crippen LogP contribution in [0.15, 0.2) is 47.4 Å². The molecule has 3 aromatic rings. The molecule has 38 heavy (non-hydrogen) atoms. The molecular formula is C27H35N5O4S2. The van der Waals surface area contributed by atoms with E-state index in [0.29, 0.717) is 31.8 Å². The maximum absolute atomic E-state index is 12.8. The number of anilines is 1. The van der Waals surface area contributed by atoms with Gasteiger partial charge in [0.05, 0.1) is 16.2 Å². The van der Waals surface area contributed by atoms with Crippen LogP contribution in [0, 0.1) is 0 Å². The zero-order valence-corrected chi connectivity index (χ0v) is 23.4. The maximum atomic E-state index is 12.8. The molecule has 9 nitrogen and oxygen atoms in total. The highest BCUT2D eigenvalue weighted by molar-refractivity contribution is 7.89. The SMILES string of the molecule is CCOc1cccc2sc(N3CCN(CCNC(=O)c4ccc(S(=O)(=O)N5CCCCC5)cc4)CC3)nc12. The van der Waals surface area contributed by atoms with Crippen LogP contribution in [0.3, 0.4) is 0 Å². The molecule has 0 atom stereocenters. The van der Waals surface area contributed by atoms with E-state index in [1.807, 2.05) is 19.1 Å². The molecule has 2 aliphatic rings. The number of para-hydroxylation sites is 1. The topological polar surface area (TPSA) is 95.1 Å². The van der Waals surface area contributed by atoms with Gasteiger partial charge in [0.1, 0.15) is 11.3 Å². The van der Waals surface area contributed by atoms with Crippen molar-refractivity contribution in [3.8, 4) is 5.75 Å². The molecule has 0 aliphatic carbocycles. The number of sulfonamides is 1. The van der Waals surface area contributed by atoms with Gasteiger partial charge >= 0.3 is 0 Å². The molecule has 0 unspecified atom stereocenters. The van der Waals surface area contributed by atoms with Crippen molar-refractivity contribution < 1.29 is 17.9 Å². The van der Waals surface area contributed by atoms with E-state index in [0.717, 1.165) is 73.1 Å². The average Bonchev–Trinajstić information content (AvgIpc) is 3.40. The molecular weight excluding hydrogens is 522 g/mol. The van der Waals surface area contributed by atoms with Gasteiger partial charge < -0.3 is 15.0 Å². The number of aromatic nitrogens is 1. The molecule has 204 valence electrons. The van der Waals surface area contributed by atoms with Crippen molar-refractivity contribution in [1.29, 1.82) is 0 Å². The van der Waals surface area contributed by atoms with Gasteiger partial charge in [-0.1, -0.05) is 23.8 Å². The van der Waals surface area contributed by atoms with Gasteiger partial charge in [0.2, 0.25) is 10.0 Å². The number of ether oxygens (including phenoxy) is 1. The largest absolute Gasteiger partial charge is 0.492 e. The van der Waals surface area contributed by atoms with Crippen LogP contribution in [0.5, 0.6) is 5.75 Å². The Kier molecular flexibility index (Phi) is 8.47. The number of nitrogens with zero attached hydrogens (tertiary/aromatic N) is 4. The molecule has 0 saturated carbocycles. The predicted octanol–water partition coefficient (Wildman–Crippen LogP) is 3.42. The molecule has 0 radical (unpaired) electrons. The first-order valence-electron chi connectivity index (χ1n) is 13.3. The number of rotatable bonds is 9. The third kappa shape index (κ3) is 5.96. The summed E-state index contributed by atoms with van der Waals surface area (Å²) in [6.07, 6.45) is 2.86. The van der Waals surface area contributed by atoms with Crippen LogP contribution in [0.4, 0.5) is 5.13 Å². The summed E-state index contributed by atoms with van der Waals surface area (Å²) in [4.78, 5) is 22.4. The number of fused-ring (bicyclic) bond motifs is 1. The van der Waals surface area contributed by atoms with Crippen molar-refractivity contribution in [3.63, 3.8) is 0 Å². The molecule has 2 aliphatic heterocycles. The molecule has 2 aromatic carbocycles. The molecule has 2 saturated heterocycles. The summed E-state index contributed by atoms with van der Waals surface area (Å²) in [7, 11) is -3.49. The Hall–Kier alpha value is -2.73. The van der Waals surface area contributed by atoms with Crippen LogP contribution < -0.4 is 15.0 Å². The van der Waals surface area contributed by atoms with Gasteiger partial charge in [0, 0.05) is 57.9 Å². The number of thiazole rings is 1. The smallest absolute Gasteiger partial charge is 0.251 e. The predicted molar refractivity (Wildman–Crippen MR) is 151 cm³/mol. The molecule has 1 aromatic heterocycles. The summed E-state index contributed by atoms with van der Waals surface area (Å²) in [5, 5.41) is 3.99. The zero-order valence-electron chi connectivity index (χ0n) is 21.8. The lowest BCUT2D eigenvalue weighted by Gasteiger charge is -2.34. The first-order chi connectivity index (χ1) is 18.5. The van der Waals surface area contributed by atoms with Gasteiger partial charge in [-0.05, 0) is 56.2 Å². The number of piperidine rings is 1. The second-order valence-corrected chi connectivity index (χ2v) is 12.6. The molecule has 2 fully saturated rings. The molecule has 11 heteroatoms. The van der Waals surface area contributed by atoms with E-state index in [4.69, 9.17) is 9.72 Å². The monoisotopic (exact) mass is 557 g/mol. The van der Waals surface area contributed by atoms with Crippen LogP contribution >= 0.6 is 11.3 Å². The second kappa shape index (κ2) is 12.0. The first-order valence-corrected chi connectivity index (χ1v) is 15.6. The minimum atomic E-state index is -3.49. The van der Waals surface area contributed by atoms with Gasteiger partial charge in [0.25, 0.3) is 5.91 Å². The van der Waals surface area contributed by atoms with Gasteiger partial charge in [0.15, 0.2) is 5.13 Å². The van der Waals surface area contributed by atoms with Gasteiger partial charge in [-0.25, -0.2) is 13.4 Å². The average molecular weight is 558 g/mol. The summed E-state index contributed by atoms with van der Waals surface area (Å²) in [5.41, 5.74) is 1.39. The molecule has 3 heterocycles. The first kappa shape index (κ1) is 26.9. The highest BCUT2D eigenvalue weighted by Gasteiger charge is 2.26. The number of amides is 1. The van der Waals surface area contributed by atoms with Gasteiger partial charge in [-0.15, -0.1) is 0 Å². The molecule has 1 N–H and O–H groups in total. The summed E-state index contributed by atoms with van der Waals surface area (Å²) < 4.78 is 34.1. The Morgan fingerprint density at radius 3 is 2.45 bits per heavy atom. The minimum Gasteiger partial charge on any atom is -0.492 e. The lowest BCUT2D eigenvalue weighted by molar-refractivity contribution is 0.0947. The minimum absolute atomic E-state index is 0.190. The van der Waals surface area contributed by atoms with Gasteiger partial charge in [-0.2, -0.15) is 4.31 Å². The molecule has 0 bridgehead atoms. The standard InChI is InChI=1S/C27H35N5O4S2/c1-2-36-23-7-6-8-24-25(23)29-27(37-24)31-19-17-30(18-20-31)16-13-28-26(33)21-9-11-22(12-10-21)38(34,35)32-14-4-3-5-15-32/h6-12H,2-5,13-20H2,1H3,(H,28,33). The summed E-state index contributed by atoms with van der Waals surface area (Å²) in [6, 6.07) is 12.3. The Balaban J connectivity index is 1.08. The highest BCUT2D eigenvalue weighted by Crippen LogP contribution is 2.34. The number of carbonyl (C=O) groups excluding carboxylic acids is 1. The summed E-state index contributed by atoms with van der Waals surface area (Å²) in [6.45, 7) is 8.57. The van der Waals surface area contributed by atoms with E-state index in [1.165, 1.54) is 12.1 Å². The van der Waals surface area contributed by atoms with E-state index in [2.05, 4.69) is 21.2 Å². The second-order valence-electron chi connectivity index (χ2n) is 9.61. The van der Waals surface area contributed by atoms with Crippen molar-refractivity contribution >= 4 is 42.6 Å². The number of piperazine rings is 1. The number of hydrogen-bond acceptors (Lipinski definition) is 8.